The molecule has 1 fully saturated rings. The van der Waals surface area contributed by atoms with E-state index in [4.69, 9.17) is 9.47 Å². The summed E-state index contributed by atoms with van der Waals surface area (Å²) in [5.74, 6) is 0.634. The number of nitrogens with one attached hydrogen (secondary N) is 1. The minimum absolute atomic E-state index is 0.00453. The zero-order valence-electron chi connectivity index (χ0n) is 13.7. The number of thioether (sulfide) groups is 1. The van der Waals surface area contributed by atoms with E-state index in [1.807, 2.05) is 37.3 Å². The summed E-state index contributed by atoms with van der Waals surface area (Å²) in [6.07, 6.45) is -0.0137. The maximum Gasteiger partial charge on any atom is 0.132 e. The number of morpholine rings is 1. The number of para-hydroxylation sites is 1. The van der Waals surface area contributed by atoms with Gasteiger partial charge in [-0.1, -0.05) is 24.3 Å². The summed E-state index contributed by atoms with van der Waals surface area (Å²) in [5.41, 5.74) is 0.931. The van der Waals surface area contributed by atoms with Gasteiger partial charge in [-0.3, -0.25) is 0 Å². The smallest absolute Gasteiger partial charge is 0.132 e. The monoisotopic (exact) mass is 347 g/mol. The lowest BCUT2D eigenvalue weighted by Gasteiger charge is -2.31. The van der Waals surface area contributed by atoms with E-state index < -0.39 is 0 Å². The van der Waals surface area contributed by atoms with Crippen molar-refractivity contribution in [3.05, 3.63) is 59.9 Å². The molecule has 1 aliphatic heterocycles. The van der Waals surface area contributed by atoms with Gasteiger partial charge in [-0.25, -0.2) is 4.39 Å². The molecule has 128 valence electrons. The van der Waals surface area contributed by atoms with Gasteiger partial charge in [0.25, 0.3) is 0 Å². The molecule has 1 unspecified atom stereocenters. The standard InChI is InChI=1S/C19H22FNO2S/c1-2-22-16-8-3-4-9-18(16)24-19(17-13-21-10-11-23-17)14-6-5-7-15(20)12-14/h3-9,12,17,19,21H,2,10-11,13H2,1H3/t17-,19?/m1/s1. The minimum atomic E-state index is -0.222. The fourth-order valence-electron chi connectivity index (χ4n) is 2.78. The molecule has 3 rings (SSSR count). The normalized spacial score (nSPS) is 19.0. The molecular formula is C19H22FNO2S. The van der Waals surface area contributed by atoms with E-state index in [9.17, 15) is 4.39 Å². The summed E-state index contributed by atoms with van der Waals surface area (Å²) < 4.78 is 25.4. The quantitative estimate of drug-likeness (QED) is 0.799. The predicted molar refractivity (Wildman–Crippen MR) is 95.2 cm³/mol. The van der Waals surface area contributed by atoms with Crippen molar-refractivity contribution in [1.82, 2.24) is 5.32 Å². The van der Waals surface area contributed by atoms with Gasteiger partial charge in [0.1, 0.15) is 11.6 Å². The molecule has 1 saturated heterocycles. The highest BCUT2D eigenvalue weighted by molar-refractivity contribution is 7.99. The van der Waals surface area contributed by atoms with Gasteiger partial charge in [0, 0.05) is 13.1 Å². The second-order valence-electron chi connectivity index (χ2n) is 5.59. The number of ether oxygens (including phenoxy) is 2. The molecule has 1 heterocycles. The van der Waals surface area contributed by atoms with Crippen LogP contribution in [0.3, 0.4) is 0 Å². The van der Waals surface area contributed by atoms with E-state index in [-0.39, 0.29) is 17.2 Å². The molecule has 1 aliphatic rings. The first-order valence-electron chi connectivity index (χ1n) is 8.24. The molecule has 2 aromatic carbocycles. The first kappa shape index (κ1) is 17.3. The first-order valence-corrected chi connectivity index (χ1v) is 9.12. The van der Waals surface area contributed by atoms with Gasteiger partial charge < -0.3 is 14.8 Å². The highest BCUT2D eigenvalue weighted by Gasteiger charge is 2.28. The molecule has 1 N–H and O–H groups in total. The van der Waals surface area contributed by atoms with Crippen LogP contribution in [-0.4, -0.2) is 32.4 Å². The molecule has 0 aromatic heterocycles. The van der Waals surface area contributed by atoms with Crippen molar-refractivity contribution in [2.45, 2.75) is 23.2 Å². The molecule has 0 amide bonds. The van der Waals surface area contributed by atoms with Gasteiger partial charge in [-0.2, -0.15) is 0 Å². The number of halogens is 1. The van der Waals surface area contributed by atoms with E-state index in [1.165, 1.54) is 6.07 Å². The van der Waals surface area contributed by atoms with Crippen LogP contribution in [0.1, 0.15) is 17.7 Å². The summed E-state index contributed by atoms with van der Waals surface area (Å²) in [6.45, 7) is 4.87. The Morgan fingerprint density at radius 1 is 1.29 bits per heavy atom. The third-order valence-electron chi connectivity index (χ3n) is 3.87. The Balaban J connectivity index is 1.90. The zero-order chi connectivity index (χ0) is 16.8. The molecule has 0 radical (unpaired) electrons. The fourth-order valence-corrected chi connectivity index (χ4v) is 4.06. The van der Waals surface area contributed by atoms with Crippen LogP contribution in [0.15, 0.2) is 53.4 Å². The first-order chi connectivity index (χ1) is 11.8. The predicted octanol–water partition coefficient (Wildman–Crippen LogP) is 4.05. The van der Waals surface area contributed by atoms with Gasteiger partial charge in [-0.15, -0.1) is 11.8 Å². The van der Waals surface area contributed by atoms with Gasteiger partial charge in [-0.05, 0) is 36.8 Å². The Labute approximate surface area is 146 Å². The molecule has 0 saturated carbocycles. The second-order valence-corrected chi connectivity index (χ2v) is 6.77. The van der Waals surface area contributed by atoms with Gasteiger partial charge in [0.05, 0.1) is 29.5 Å². The van der Waals surface area contributed by atoms with Crippen molar-refractivity contribution in [1.29, 1.82) is 0 Å². The Morgan fingerprint density at radius 2 is 2.17 bits per heavy atom. The zero-order valence-corrected chi connectivity index (χ0v) is 14.5. The SMILES string of the molecule is CCOc1ccccc1SC(c1cccc(F)c1)[C@H]1CNCCO1. The molecule has 5 heteroatoms. The van der Waals surface area contributed by atoms with Crippen LogP contribution in [0, 0.1) is 5.82 Å². The maximum absolute atomic E-state index is 13.7. The Morgan fingerprint density at radius 3 is 2.92 bits per heavy atom. The van der Waals surface area contributed by atoms with Crippen LogP contribution < -0.4 is 10.1 Å². The summed E-state index contributed by atoms with van der Waals surface area (Å²) in [4.78, 5) is 1.04. The third-order valence-corrected chi connectivity index (χ3v) is 5.29. The molecule has 2 aromatic rings. The lowest BCUT2D eigenvalue weighted by molar-refractivity contribution is 0.0273. The van der Waals surface area contributed by atoms with E-state index >= 15 is 0 Å². The Bertz CT molecular complexity index is 661. The van der Waals surface area contributed by atoms with Gasteiger partial charge in [0.2, 0.25) is 0 Å². The van der Waals surface area contributed by atoms with E-state index in [0.717, 1.165) is 29.3 Å². The number of rotatable bonds is 6. The molecule has 2 atom stereocenters. The Kier molecular flexibility index (Phi) is 6.12. The largest absolute Gasteiger partial charge is 0.493 e. The van der Waals surface area contributed by atoms with Crippen molar-refractivity contribution in [3.63, 3.8) is 0 Å². The second kappa shape index (κ2) is 8.51. The third kappa shape index (κ3) is 4.29. The number of benzene rings is 2. The topological polar surface area (TPSA) is 30.5 Å². The molecule has 0 bridgehead atoms. The van der Waals surface area contributed by atoms with Gasteiger partial charge >= 0.3 is 0 Å². The fraction of sp³-hybridized carbons (Fsp3) is 0.368. The number of hydrogen-bond donors (Lipinski definition) is 1. The van der Waals surface area contributed by atoms with Crippen molar-refractivity contribution < 1.29 is 13.9 Å². The van der Waals surface area contributed by atoms with Crippen molar-refractivity contribution in [2.75, 3.05) is 26.3 Å². The highest BCUT2D eigenvalue weighted by Crippen LogP contribution is 2.43. The van der Waals surface area contributed by atoms with Gasteiger partial charge in [0.15, 0.2) is 0 Å². The summed E-state index contributed by atoms with van der Waals surface area (Å²) in [7, 11) is 0. The van der Waals surface area contributed by atoms with Crippen LogP contribution in [0.2, 0.25) is 0 Å². The molecule has 24 heavy (non-hydrogen) atoms. The van der Waals surface area contributed by atoms with Crippen molar-refractivity contribution in [2.24, 2.45) is 0 Å². The maximum atomic E-state index is 13.7. The summed E-state index contributed by atoms with van der Waals surface area (Å²) >= 11 is 1.67. The average Bonchev–Trinajstić information content (AvgIpc) is 2.62. The van der Waals surface area contributed by atoms with Crippen LogP contribution in [0.25, 0.3) is 0 Å². The van der Waals surface area contributed by atoms with Crippen LogP contribution >= 0.6 is 11.8 Å². The lowest BCUT2D eigenvalue weighted by atomic mass is 10.1. The van der Waals surface area contributed by atoms with Crippen molar-refractivity contribution in [3.8, 4) is 5.75 Å². The van der Waals surface area contributed by atoms with Crippen LogP contribution in [0.5, 0.6) is 5.75 Å². The Hall–Kier alpha value is -1.56. The van der Waals surface area contributed by atoms with Crippen molar-refractivity contribution >= 4 is 11.8 Å². The van der Waals surface area contributed by atoms with E-state index in [1.54, 1.807) is 23.9 Å². The van der Waals surface area contributed by atoms with Crippen LogP contribution in [0.4, 0.5) is 4.39 Å². The van der Waals surface area contributed by atoms with Crippen LogP contribution in [-0.2, 0) is 4.74 Å². The summed E-state index contributed by atoms with van der Waals surface area (Å²) in [6, 6.07) is 14.7. The number of hydrogen-bond acceptors (Lipinski definition) is 4. The summed E-state index contributed by atoms with van der Waals surface area (Å²) in [5, 5.41) is 3.36. The molecule has 3 nitrogen and oxygen atoms in total. The minimum Gasteiger partial charge on any atom is -0.493 e. The lowest BCUT2D eigenvalue weighted by Crippen LogP contribution is -2.41. The van der Waals surface area contributed by atoms with E-state index in [0.29, 0.717) is 13.2 Å². The highest BCUT2D eigenvalue weighted by atomic mass is 32.2. The molecular weight excluding hydrogens is 325 g/mol. The molecule has 0 aliphatic carbocycles. The van der Waals surface area contributed by atoms with E-state index in [2.05, 4.69) is 5.32 Å². The average molecular weight is 347 g/mol. The molecule has 0 spiro atoms.